The van der Waals surface area contributed by atoms with Crippen LogP contribution in [0.15, 0.2) is 58.9 Å². The van der Waals surface area contributed by atoms with E-state index in [1.807, 2.05) is 6.92 Å². The normalized spacial score (nSPS) is 18.9. The largest absolute Gasteiger partial charge is 0.493 e. The fraction of sp³-hybridized carbons (Fsp3) is 0.357. The molecule has 0 spiro atoms. The van der Waals surface area contributed by atoms with Crippen LogP contribution in [-0.4, -0.2) is 33.0 Å². The summed E-state index contributed by atoms with van der Waals surface area (Å²) in [4.78, 5) is 27.2. The van der Waals surface area contributed by atoms with Crippen molar-refractivity contribution in [2.24, 2.45) is 5.41 Å². The second kappa shape index (κ2) is 9.68. The number of halogens is 1. The molecule has 0 unspecified atom stereocenters. The Bertz CT molecular complexity index is 1250. The van der Waals surface area contributed by atoms with Crippen LogP contribution in [0.1, 0.15) is 45.1 Å². The molecular weight excluding hydrogens is 463 g/mol. The molecule has 1 aliphatic heterocycles. The zero-order valence-electron chi connectivity index (χ0n) is 21.4. The number of allylic oxidation sites excluding steroid dienone is 3. The monoisotopic (exact) mass is 494 g/mol. The van der Waals surface area contributed by atoms with Gasteiger partial charge in [-0.1, -0.05) is 13.8 Å². The second-order valence-electron chi connectivity index (χ2n) is 9.85. The molecule has 7 nitrogen and oxygen atoms in total. The van der Waals surface area contributed by atoms with Crippen LogP contribution in [0.3, 0.4) is 0 Å². The van der Waals surface area contributed by atoms with Crippen molar-refractivity contribution >= 4 is 17.4 Å². The van der Waals surface area contributed by atoms with Crippen LogP contribution in [0.4, 0.5) is 10.1 Å². The van der Waals surface area contributed by atoms with E-state index in [1.165, 1.54) is 45.6 Å². The van der Waals surface area contributed by atoms with Crippen molar-refractivity contribution in [2.75, 3.05) is 26.6 Å². The molecule has 4 rings (SSSR count). The van der Waals surface area contributed by atoms with E-state index in [9.17, 15) is 14.0 Å². The summed E-state index contributed by atoms with van der Waals surface area (Å²) in [6, 6.07) is 9.08. The smallest absolute Gasteiger partial charge is 0.254 e. The summed E-state index contributed by atoms with van der Waals surface area (Å²) < 4.78 is 30.0. The number of carbonyl (C=O) groups is 2. The molecule has 1 atom stereocenters. The maximum Gasteiger partial charge on any atom is 0.254 e. The van der Waals surface area contributed by atoms with Crippen LogP contribution in [-0.2, 0) is 9.59 Å². The Hall–Kier alpha value is -3.81. The SMILES string of the molecule is COc1cc([C@H]2C(C(=O)Nc3ccc(F)cc3)=C(C)NC3=C2C(=O)CC(C)(C)C3)cc(OC)c1OC. The molecule has 0 bridgehead atoms. The van der Waals surface area contributed by atoms with Crippen molar-refractivity contribution in [3.8, 4) is 17.2 Å². The van der Waals surface area contributed by atoms with Gasteiger partial charge in [0.2, 0.25) is 5.75 Å². The molecule has 2 N–H and O–H groups in total. The molecular formula is C28H31FN2O5. The Kier molecular flexibility index (Phi) is 6.80. The summed E-state index contributed by atoms with van der Waals surface area (Å²) in [5.41, 5.74) is 3.29. The number of dihydropyridines is 1. The van der Waals surface area contributed by atoms with Crippen LogP contribution < -0.4 is 24.8 Å². The van der Waals surface area contributed by atoms with Crippen LogP contribution in [0.2, 0.25) is 0 Å². The predicted octanol–water partition coefficient (Wildman–Crippen LogP) is 5.09. The number of Topliss-reactive ketones (excluding diaryl/α,β-unsaturated/α-hetero) is 1. The summed E-state index contributed by atoms with van der Waals surface area (Å²) in [6.07, 6.45) is 1.03. The quantitative estimate of drug-likeness (QED) is 0.582. The fourth-order valence-electron chi connectivity index (χ4n) is 5.07. The Morgan fingerprint density at radius 3 is 2.19 bits per heavy atom. The van der Waals surface area contributed by atoms with Gasteiger partial charge < -0.3 is 24.8 Å². The van der Waals surface area contributed by atoms with Crippen molar-refractivity contribution in [3.05, 3.63) is 70.3 Å². The molecule has 0 fully saturated rings. The molecule has 1 amide bonds. The van der Waals surface area contributed by atoms with Crippen molar-refractivity contribution in [2.45, 2.75) is 39.5 Å². The molecule has 0 aromatic heterocycles. The molecule has 0 saturated carbocycles. The number of carbonyl (C=O) groups excluding carboxylic acids is 2. The van der Waals surface area contributed by atoms with Crippen molar-refractivity contribution in [1.29, 1.82) is 0 Å². The molecule has 1 heterocycles. The third-order valence-electron chi connectivity index (χ3n) is 6.61. The van der Waals surface area contributed by atoms with Crippen molar-refractivity contribution in [1.82, 2.24) is 5.32 Å². The lowest BCUT2D eigenvalue weighted by molar-refractivity contribution is -0.118. The lowest BCUT2D eigenvalue weighted by atomic mass is 9.68. The van der Waals surface area contributed by atoms with E-state index in [4.69, 9.17) is 14.2 Å². The van der Waals surface area contributed by atoms with E-state index in [1.54, 1.807) is 12.1 Å². The van der Waals surface area contributed by atoms with Gasteiger partial charge in [-0.05, 0) is 60.7 Å². The number of rotatable bonds is 6. The van der Waals surface area contributed by atoms with Crippen molar-refractivity contribution < 1.29 is 28.2 Å². The predicted molar refractivity (Wildman–Crippen MR) is 135 cm³/mol. The van der Waals surface area contributed by atoms with Crippen molar-refractivity contribution in [3.63, 3.8) is 0 Å². The van der Waals surface area contributed by atoms with Gasteiger partial charge in [-0.15, -0.1) is 0 Å². The number of ketones is 1. The van der Waals surface area contributed by atoms with E-state index >= 15 is 0 Å². The Balaban J connectivity index is 1.89. The number of anilines is 1. The standard InChI is InChI=1S/C28H31FN2O5/c1-15-23(27(33)31-18-9-7-17(29)8-10-18)24(25-19(30-15)13-28(2,3)14-20(25)32)16-11-21(34-4)26(36-6)22(12-16)35-5/h7-12,24,30H,13-14H2,1-6H3,(H,31,33)/t24-/m0/s1. The number of methoxy groups -OCH3 is 3. The third kappa shape index (κ3) is 4.67. The molecule has 2 aromatic carbocycles. The first-order chi connectivity index (χ1) is 17.1. The number of ether oxygens (including phenoxy) is 3. The number of benzene rings is 2. The number of hydrogen-bond donors (Lipinski definition) is 2. The number of amides is 1. The number of nitrogens with one attached hydrogen (secondary N) is 2. The van der Waals surface area contributed by atoms with E-state index in [0.717, 1.165) is 5.70 Å². The van der Waals surface area contributed by atoms with Gasteiger partial charge in [-0.2, -0.15) is 0 Å². The molecule has 36 heavy (non-hydrogen) atoms. The minimum Gasteiger partial charge on any atom is -0.493 e. The summed E-state index contributed by atoms with van der Waals surface area (Å²) in [7, 11) is 4.56. The maximum absolute atomic E-state index is 13.7. The molecule has 8 heteroatoms. The van der Waals surface area contributed by atoms with E-state index < -0.39 is 17.6 Å². The number of hydrogen-bond acceptors (Lipinski definition) is 6. The summed E-state index contributed by atoms with van der Waals surface area (Å²) >= 11 is 0. The first-order valence-electron chi connectivity index (χ1n) is 11.7. The average molecular weight is 495 g/mol. The highest BCUT2D eigenvalue weighted by molar-refractivity contribution is 6.10. The van der Waals surface area contributed by atoms with Gasteiger partial charge in [0.05, 0.1) is 21.3 Å². The molecule has 190 valence electrons. The first kappa shape index (κ1) is 25.3. The van der Waals surface area contributed by atoms with E-state index in [-0.39, 0.29) is 11.2 Å². The molecule has 0 saturated heterocycles. The lowest BCUT2D eigenvalue weighted by Gasteiger charge is -2.39. The third-order valence-corrected chi connectivity index (χ3v) is 6.61. The Labute approximate surface area is 210 Å². The Morgan fingerprint density at radius 2 is 1.64 bits per heavy atom. The summed E-state index contributed by atoms with van der Waals surface area (Å²) in [5, 5.41) is 6.19. The topological polar surface area (TPSA) is 85.9 Å². The minimum atomic E-state index is -0.668. The minimum absolute atomic E-state index is 0.0212. The highest BCUT2D eigenvalue weighted by atomic mass is 19.1. The van der Waals surface area contributed by atoms with Crippen LogP contribution in [0.25, 0.3) is 0 Å². The summed E-state index contributed by atoms with van der Waals surface area (Å²) in [6.45, 7) is 5.93. The van der Waals surface area contributed by atoms with Crippen LogP contribution in [0.5, 0.6) is 17.2 Å². The van der Waals surface area contributed by atoms with Gasteiger partial charge in [-0.25, -0.2) is 4.39 Å². The average Bonchev–Trinajstić information content (AvgIpc) is 2.82. The summed E-state index contributed by atoms with van der Waals surface area (Å²) in [5.74, 6) is -0.219. The van der Waals surface area contributed by atoms with Gasteiger partial charge in [-0.3, -0.25) is 9.59 Å². The van der Waals surface area contributed by atoms with Gasteiger partial charge in [0, 0.05) is 40.6 Å². The highest BCUT2D eigenvalue weighted by Crippen LogP contribution is 2.49. The van der Waals surface area contributed by atoms with Gasteiger partial charge in [0.15, 0.2) is 17.3 Å². The Morgan fingerprint density at radius 1 is 1.03 bits per heavy atom. The zero-order valence-corrected chi connectivity index (χ0v) is 21.4. The van der Waals surface area contributed by atoms with Gasteiger partial charge in [0.25, 0.3) is 5.91 Å². The molecule has 1 aliphatic carbocycles. The first-order valence-corrected chi connectivity index (χ1v) is 11.7. The van der Waals surface area contributed by atoms with Crippen LogP contribution in [0, 0.1) is 11.2 Å². The van der Waals surface area contributed by atoms with Gasteiger partial charge >= 0.3 is 0 Å². The van der Waals surface area contributed by atoms with Gasteiger partial charge in [0.1, 0.15) is 5.82 Å². The fourth-order valence-corrected chi connectivity index (χ4v) is 5.07. The van der Waals surface area contributed by atoms with Crippen LogP contribution >= 0.6 is 0 Å². The zero-order chi connectivity index (χ0) is 26.2. The van der Waals surface area contributed by atoms with E-state index in [0.29, 0.717) is 58.2 Å². The molecule has 2 aromatic rings. The molecule has 2 aliphatic rings. The second-order valence-corrected chi connectivity index (χ2v) is 9.85. The maximum atomic E-state index is 13.7. The highest BCUT2D eigenvalue weighted by Gasteiger charge is 2.43. The molecule has 0 radical (unpaired) electrons. The van der Waals surface area contributed by atoms with E-state index in [2.05, 4.69) is 24.5 Å². The lowest BCUT2D eigenvalue weighted by Crippen LogP contribution is -2.39.